The minimum Gasteiger partial charge on any atom is -0.492 e. The highest BCUT2D eigenvalue weighted by molar-refractivity contribution is 7.66. The van der Waals surface area contributed by atoms with E-state index in [9.17, 15) is 48.9 Å². The van der Waals surface area contributed by atoms with Gasteiger partial charge in [-0.05, 0) is 12.3 Å². The van der Waals surface area contributed by atoms with Gasteiger partial charge < -0.3 is 45.4 Å². The first-order valence-corrected chi connectivity index (χ1v) is 21.6. The minimum absolute atomic E-state index is 0.0232. The Morgan fingerprint density at radius 1 is 1.04 bits per heavy atom. The van der Waals surface area contributed by atoms with Crippen LogP contribution in [0.5, 0.6) is 0 Å². The number of nitrogens with one attached hydrogen (secondary N) is 2. The standard InChI is InChI=1S/C32H60N6O14P2/c1-21(2)13-11-9-7-5-4-6-8-10-12-15-36(3)52-54(47,48)38(18-27(34)41)53(45,46)51-24-17-23(40)22(19-39)30(24)49-20-25-28(42)29(43)31(50-25)37-16-14-26(33)35-32(37)44/h21,23-25,28-29,31,39-40,42-43H,4-20H2,1-3H3,(H2,34,41)(H,45,46)(H,47,48)(H2,33,35,44). The Balaban J connectivity index is 1.58. The lowest BCUT2D eigenvalue weighted by atomic mass is 10.0. The quantitative estimate of drug-likeness (QED) is 0.0360. The van der Waals surface area contributed by atoms with Gasteiger partial charge in [-0.25, -0.2) is 18.5 Å². The number of carbonyl (C=O) groups excluding carboxylic acids is 2. The van der Waals surface area contributed by atoms with E-state index < -0.39 is 90.4 Å². The molecule has 2 saturated heterocycles. The second kappa shape index (κ2) is 21.5. The number of unbranched alkanes of at least 4 members (excludes halogenated alkanes) is 8. The van der Waals surface area contributed by atoms with Gasteiger partial charge in [0.2, 0.25) is 5.91 Å². The molecule has 10 N–H and O–H groups in total. The molecule has 2 aliphatic heterocycles. The van der Waals surface area contributed by atoms with Crippen molar-refractivity contribution in [3.8, 4) is 0 Å². The molecule has 3 rings (SSSR count). The third-order valence-corrected chi connectivity index (χ3v) is 13.3. The van der Waals surface area contributed by atoms with E-state index in [0.717, 1.165) is 41.6 Å². The molecule has 22 heteroatoms. The van der Waals surface area contributed by atoms with Crippen molar-refractivity contribution in [1.29, 1.82) is 5.41 Å². The second-order valence-electron chi connectivity index (χ2n) is 14.4. The Morgan fingerprint density at radius 2 is 1.65 bits per heavy atom. The third-order valence-electron chi connectivity index (χ3n) is 9.43. The molecule has 1 aliphatic carbocycles. The highest BCUT2D eigenvalue weighted by Gasteiger charge is 2.51. The molecule has 0 aromatic rings. The van der Waals surface area contributed by atoms with Gasteiger partial charge in [-0.15, -0.1) is 4.44 Å². The average molecular weight is 815 g/mol. The molecule has 8 unspecified atom stereocenters. The molecular weight excluding hydrogens is 754 g/mol. The van der Waals surface area contributed by atoms with E-state index in [1.165, 1.54) is 39.2 Å². The molecule has 2 fully saturated rings. The summed E-state index contributed by atoms with van der Waals surface area (Å²) in [5.41, 5.74) is 5.07. The van der Waals surface area contributed by atoms with E-state index in [0.29, 0.717) is 6.42 Å². The van der Waals surface area contributed by atoms with Crippen molar-refractivity contribution in [3.63, 3.8) is 0 Å². The van der Waals surface area contributed by atoms with Gasteiger partial charge in [0.1, 0.15) is 42.6 Å². The fourth-order valence-electron chi connectivity index (χ4n) is 6.49. The summed E-state index contributed by atoms with van der Waals surface area (Å²) in [4.78, 5) is 47.2. The molecule has 3 aliphatic rings. The zero-order valence-electron chi connectivity index (χ0n) is 31.3. The van der Waals surface area contributed by atoms with Crippen LogP contribution in [0.1, 0.15) is 90.9 Å². The molecule has 2 heterocycles. The molecule has 0 spiro atoms. The van der Waals surface area contributed by atoms with Crippen molar-refractivity contribution in [2.75, 3.05) is 39.9 Å². The Labute approximate surface area is 316 Å². The average Bonchev–Trinajstić information content (AvgIpc) is 3.52. The number of urea groups is 1. The van der Waals surface area contributed by atoms with E-state index in [2.05, 4.69) is 19.2 Å². The fraction of sp³-hybridized carbons (Fsp3) is 0.844. The van der Waals surface area contributed by atoms with Crippen LogP contribution in [0.3, 0.4) is 0 Å². The largest absolute Gasteiger partial charge is 0.492 e. The lowest BCUT2D eigenvalue weighted by molar-refractivity contribution is -0.118. The molecule has 0 radical (unpaired) electrons. The number of ether oxygens (including phenoxy) is 2. The molecule has 0 aromatic carbocycles. The maximum Gasteiger partial charge on any atom is 0.432 e. The second-order valence-corrected chi connectivity index (χ2v) is 18.0. The number of nitrogens with zero attached hydrogens (tertiary/aromatic N) is 3. The van der Waals surface area contributed by atoms with Crippen LogP contribution < -0.4 is 11.1 Å². The first-order chi connectivity index (χ1) is 25.4. The number of amidine groups is 1. The molecule has 0 bridgehead atoms. The van der Waals surface area contributed by atoms with Gasteiger partial charge in [0.05, 0.1) is 19.3 Å². The summed E-state index contributed by atoms with van der Waals surface area (Å²) in [7, 11) is -9.42. The summed E-state index contributed by atoms with van der Waals surface area (Å²) in [5.74, 6) is -0.931. The number of hydrogen-bond acceptors (Lipinski definition) is 14. The first-order valence-electron chi connectivity index (χ1n) is 18.5. The van der Waals surface area contributed by atoms with Crippen molar-refractivity contribution in [1.82, 2.24) is 19.7 Å². The van der Waals surface area contributed by atoms with E-state index in [1.54, 1.807) is 0 Å². The molecule has 20 nitrogen and oxygen atoms in total. The monoisotopic (exact) mass is 814 g/mol. The first kappa shape index (κ1) is 46.4. The van der Waals surface area contributed by atoms with Crippen LogP contribution in [-0.4, -0.2) is 139 Å². The van der Waals surface area contributed by atoms with Crippen LogP contribution in [0.25, 0.3) is 0 Å². The maximum atomic E-state index is 13.6. The number of aliphatic hydroxyl groups is 4. The summed E-state index contributed by atoms with van der Waals surface area (Å²) in [6, 6.07) is -0.721. The molecule has 0 aromatic heterocycles. The minimum atomic E-state index is -5.48. The Bertz CT molecular complexity index is 1390. The number of carbonyl (C=O) groups is 2. The molecule has 54 heavy (non-hydrogen) atoms. The van der Waals surface area contributed by atoms with Crippen LogP contribution in [-0.2, 0) is 32.5 Å². The zero-order chi connectivity index (χ0) is 40.2. The lowest BCUT2D eigenvalue weighted by Gasteiger charge is -2.33. The summed E-state index contributed by atoms with van der Waals surface area (Å²) in [6.07, 6.45) is 1.49. The van der Waals surface area contributed by atoms with Crippen LogP contribution in [0.15, 0.2) is 11.3 Å². The predicted octanol–water partition coefficient (Wildman–Crippen LogP) is 1.65. The smallest absolute Gasteiger partial charge is 0.432 e. The Hall–Kier alpha value is -2.03. The highest BCUT2D eigenvalue weighted by atomic mass is 31.3. The van der Waals surface area contributed by atoms with Gasteiger partial charge in [-0.3, -0.25) is 24.9 Å². The Kier molecular flexibility index (Phi) is 18.4. The molecule has 0 saturated carbocycles. The number of rotatable bonds is 25. The zero-order valence-corrected chi connectivity index (χ0v) is 33.1. The number of amides is 3. The number of nitrogens with two attached hydrogens (primary N) is 1. The van der Waals surface area contributed by atoms with Gasteiger partial charge in [-0.1, -0.05) is 71.6 Å². The van der Waals surface area contributed by atoms with Crippen molar-refractivity contribution in [3.05, 3.63) is 11.3 Å². The van der Waals surface area contributed by atoms with E-state index in [-0.39, 0.29) is 41.1 Å². The SMILES string of the molecule is CC(C)CCCCCCCCCCCN(C)OP(=O)(O)N(CC(N)=O)P(=O)(O)OC1CC(O)C(CO)=C1OCC1OC(N2CCC(=N)NC2=O)C(O)C1O. The van der Waals surface area contributed by atoms with Gasteiger partial charge in [0.25, 0.3) is 0 Å². The van der Waals surface area contributed by atoms with Gasteiger partial charge in [0.15, 0.2) is 6.23 Å². The predicted molar refractivity (Wildman–Crippen MR) is 194 cm³/mol. The van der Waals surface area contributed by atoms with Crippen LogP contribution in [0, 0.1) is 11.3 Å². The molecular formula is C32H60N6O14P2. The number of primary amides is 1. The summed E-state index contributed by atoms with van der Waals surface area (Å²) >= 11 is 0. The van der Waals surface area contributed by atoms with Gasteiger partial charge >= 0.3 is 21.5 Å². The van der Waals surface area contributed by atoms with E-state index in [1.807, 2.05) is 0 Å². The van der Waals surface area contributed by atoms with Gasteiger partial charge in [0, 0.05) is 38.6 Å². The number of hydrogen-bond donors (Lipinski definition) is 9. The number of hydroxylamine groups is 2. The van der Waals surface area contributed by atoms with Crippen molar-refractivity contribution in [2.24, 2.45) is 11.7 Å². The molecule has 3 amide bonds. The van der Waals surface area contributed by atoms with Crippen molar-refractivity contribution < 1.29 is 67.6 Å². The van der Waals surface area contributed by atoms with E-state index in [4.69, 9.17) is 29.8 Å². The van der Waals surface area contributed by atoms with Crippen molar-refractivity contribution in [2.45, 2.75) is 128 Å². The van der Waals surface area contributed by atoms with Gasteiger partial charge in [-0.2, -0.15) is 5.06 Å². The topological polar surface area (TPSA) is 298 Å². The highest BCUT2D eigenvalue weighted by Crippen LogP contribution is 2.64. The van der Waals surface area contributed by atoms with Crippen LogP contribution >= 0.6 is 15.5 Å². The van der Waals surface area contributed by atoms with E-state index >= 15 is 0 Å². The summed E-state index contributed by atoms with van der Waals surface area (Å²) < 4.78 is 48.8. The third kappa shape index (κ3) is 13.6. The molecule has 8 atom stereocenters. The maximum absolute atomic E-state index is 13.6. The summed E-state index contributed by atoms with van der Waals surface area (Å²) in [6.45, 7) is 2.05. The van der Waals surface area contributed by atoms with Crippen LogP contribution in [0.4, 0.5) is 4.79 Å². The molecule has 312 valence electrons. The normalized spacial score (nSPS) is 27.2. The Morgan fingerprint density at radius 3 is 2.22 bits per heavy atom. The lowest BCUT2D eigenvalue weighted by Crippen LogP contribution is -2.56. The van der Waals surface area contributed by atoms with Crippen LogP contribution in [0.2, 0.25) is 0 Å². The summed E-state index contributed by atoms with van der Waals surface area (Å²) in [5, 5.41) is 52.7. The van der Waals surface area contributed by atoms with Crippen molar-refractivity contribution >= 4 is 33.3 Å². The number of aliphatic hydroxyl groups excluding tert-OH is 4. The fourth-order valence-corrected chi connectivity index (χ4v) is 9.64.